The Morgan fingerprint density at radius 3 is 1.75 bits per heavy atom. The minimum Gasteiger partial charge on any atom is -0.512 e. The molecule has 0 fully saturated rings. The van der Waals surface area contributed by atoms with Crippen LogP contribution in [0.1, 0.15) is 72.0 Å². The summed E-state index contributed by atoms with van der Waals surface area (Å²) in [5.74, 6) is 0.104. The van der Waals surface area contributed by atoms with Gasteiger partial charge in [-0.05, 0) is 42.3 Å². The topological polar surface area (TPSA) is 63.1 Å². The van der Waals surface area contributed by atoms with Crippen LogP contribution < -0.4 is 0 Å². The van der Waals surface area contributed by atoms with Crippen LogP contribution in [0.5, 0.6) is 0 Å². The van der Waals surface area contributed by atoms with Crippen molar-refractivity contribution >= 4 is 27.6 Å². The predicted molar refractivity (Wildman–Crippen MR) is 180 cm³/mol. The Balaban J connectivity index is 0.000000414. The molecule has 0 atom stereocenters. The number of aryl methyl sites for hydroxylation is 4. The SMILES string of the molecule is CC(C)(C)C(=O)/C=C(\O)C(C)(C)C.[2H]c1c([2H])c([2H])c2c([2H])c3nc(-c4cc(C)cc(C)c4)c(-c4[c-]c(C)cc(C)c4)nc3c([2H])c2c1[2H].[Ir]. The van der Waals surface area contributed by atoms with Crippen molar-refractivity contribution in [3.63, 3.8) is 0 Å². The van der Waals surface area contributed by atoms with Crippen molar-refractivity contribution in [1.82, 2.24) is 9.97 Å². The third-order valence-electron chi connectivity index (χ3n) is 6.74. The largest absolute Gasteiger partial charge is 0.512 e. The van der Waals surface area contributed by atoms with Crippen LogP contribution in [0, 0.1) is 44.6 Å². The first-order valence-electron chi connectivity index (χ1n) is 17.3. The predicted octanol–water partition coefficient (Wildman–Crippen LogP) is 10.2. The van der Waals surface area contributed by atoms with E-state index in [1.54, 1.807) is 0 Å². The van der Waals surface area contributed by atoms with Gasteiger partial charge >= 0.3 is 0 Å². The zero-order valence-electron chi connectivity index (χ0n) is 33.0. The van der Waals surface area contributed by atoms with Gasteiger partial charge < -0.3 is 5.11 Å². The molecule has 231 valence electrons. The quantitative estimate of drug-likeness (QED) is 0.0859. The molecule has 0 saturated carbocycles. The van der Waals surface area contributed by atoms with Crippen LogP contribution in [0.4, 0.5) is 0 Å². The number of rotatable bonds is 3. The van der Waals surface area contributed by atoms with Crippen molar-refractivity contribution in [2.75, 3.05) is 0 Å². The zero-order chi connectivity index (χ0) is 36.9. The summed E-state index contributed by atoms with van der Waals surface area (Å²) in [6.07, 6.45) is 1.33. The van der Waals surface area contributed by atoms with Gasteiger partial charge in [-0.1, -0.05) is 109 Å². The normalized spacial score (nSPS) is 13.9. The van der Waals surface area contributed by atoms with Crippen molar-refractivity contribution in [3.8, 4) is 22.5 Å². The maximum absolute atomic E-state index is 11.5. The molecule has 44 heavy (non-hydrogen) atoms. The van der Waals surface area contributed by atoms with Crippen LogP contribution in [-0.4, -0.2) is 20.9 Å². The van der Waals surface area contributed by atoms with Gasteiger partial charge in [-0.25, -0.2) is 0 Å². The van der Waals surface area contributed by atoms with Crippen LogP contribution in [0.15, 0.2) is 78.4 Å². The van der Waals surface area contributed by atoms with E-state index in [4.69, 9.17) is 18.2 Å². The summed E-state index contributed by atoms with van der Waals surface area (Å²) in [7, 11) is 0. The van der Waals surface area contributed by atoms with Gasteiger partial charge in [0.2, 0.25) is 0 Å². The van der Waals surface area contributed by atoms with Gasteiger partial charge in [0.25, 0.3) is 0 Å². The first kappa shape index (κ1) is 26.7. The van der Waals surface area contributed by atoms with Crippen molar-refractivity contribution < 1.29 is 38.2 Å². The van der Waals surface area contributed by atoms with Crippen molar-refractivity contribution in [3.05, 3.63) is 107 Å². The van der Waals surface area contributed by atoms with E-state index in [1.807, 2.05) is 93.5 Å². The average molecular weight is 770 g/mol. The second-order valence-electron chi connectivity index (χ2n) is 13.1. The Hall–Kier alpha value is -3.66. The van der Waals surface area contributed by atoms with E-state index in [9.17, 15) is 9.90 Å². The summed E-state index contributed by atoms with van der Waals surface area (Å²) in [4.78, 5) is 21.2. The Labute approximate surface area is 284 Å². The Morgan fingerprint density at radius 1 is 0.773 bits per heavy atom. The number of hydrogen-bond donors (Lipinski definition) is 1. The van der Waals surface area contributed by atoms with E-state index < -0.39 is 17.5 Å². The summed E-state index contributed by atoms with van der Waals surface area (Å²) in [6.45, 7) is 19.0. The fraction of sp³-hybridized carbons (Fsp3) is 0.308. The molecule has 5 rings (SSSR count). The molecule has 1 aromatic heterocycles. The number of carbonyl (C=O) groups excluding carboxylic acids is 1. The number of fused-ring (bicyclic) bond motifs is 2. The molecule has 5 aromatic rings. The molecule has 0 saturated heterocycles. The number of ketones is 1. The molecule has 4 nitrogen and oxygen atoms in total. The zero-order valence-corrected chi connectivity index (χ0v) is 29.4. The molecule has 1 N–H and O–H groups in total. The maximum Gasteiger partial charge on any atom is 0.164 e. The Morgan fingerprint density at radius 2 is 1.27 bits per heavy atom. The molecule has 1 heterocycles. The van der Waals surface area contributed by atoms with E-state index in [1.165, 1.54) is 6.08 Å². The summed E-state index contributed by atoms with van der Waals surface area (Å²) in [5, 5.41) is 9.51. The van der Waals surface area contributed by atoms with Crippen molar-refractivity contribution in [1.29, 1.82) is 0 Å². The molecule has 0 spiro atoms. The minimum atomic E-state index is -0.442. The molecule has 1 radical (unpaired) electrons. The van der Waals surface area contributed by atoms with Gasteiger partial charge in [-0.2, -0.15) is 0 Å². The molecule has 0 amide bonds. The summed E-state index contributed by atoms with van der Waals surface area (Å²) < 4.78 is 50.7. The number of nitrogens with zero attached hydrogens (tertiary/aromatic N) is 2. The number of carbonyl (C=O) groups is 1. The van der Waals surface area contributed by atoms with Crippen molar-refractivity contribution in [2.24, 2.45) is 10.8 Å². The van der Waals surface area contributed by atoms with E-state index in [-0.39, 0.29) is 83.0 Å². The molecular formula is C39H43IrN2O2-. The Bertz CT molecular complexity index is 2020. The number of aliphatic hydroxyl groups excluding tert-OH is 1. The van der Waals surface area contributed by atoms with Crippen LogP contribution >= 0.6 is 0 Å². The first-order chi connectivity index (χ1) is 22.5. The van der Waals surface area contributed by atoms with E-state index >= 15 is 0 Å². The number of aliphatic hydroxyl groups is 1. The molecule has 0 aliphatic heterocycles. The fourth-order valence-corrected chi connectivity index (χ4v) is 4.43. The number of hydrogen-bond acceptors (Lipinski definition) is 4. The molecule has 5 heteroatoms. The Kier molecular flexibility index (Phi) is 8.22. The second-order valence-corrected chi connectivity index (χ2v) is 13.1. The van der Waals surface area contributed by atoms with E-state index in [2.05, 4.69) is 12.1 Å². The molecule has 0 unspecified atom stereocenters. The fourth-order valence-electron chi connectivity index (χ4n) is 4.43. The van der Waals surface area contributed by atoms with Gasteiger partial charge in [-0.15, -0.1) is 34.9 Å². The standard InChI is InChI=1S/C28H23N2.C11H20O2.Ir/c1-17-9-18(2)12-23(11-17)27-28(24-13-19(3)10-20(4)14-24)30-26-16-22-8-6-5-7-21(22)15-25(26)29-27;1-10(2,3)8(12)7-9(13)11(4,5)6;/h5-13,15-16H,1-4H3;7,12H,1-6H3;/q-1;;/b;8-7-;/i5D,6D,7D,8D,15D,16D;;. The second kappa shape index (κ2) is 13.5. The van der Waals surface area contributed by atoms with Gasteiger partial charge in [0.05, 0.1) is 25.0 Å². The summed E-state index contributed by atoms with van der Waals surface area (Å²) in [5.41, 5.74) is 6.07. The average Bonchev–Trinajstić information content (AvgIpc) is 2.98. The third kappa shape index (κ3) is 8.49. The molecule has 0 aliphatic rings. The van der Waals surface area contributed by atoms with Crippen molar-refractivity contribution in [2.45, 2.75) is 69.2 Å². The first-order valence-corrected chi connectivity index (χ1v) is 14.3. The molecular weight excluding hydrogens is 721 g/mol. The van der Waals surface area contributed by atoms with Gasteiger partial charge in [0, 0.05) is 42.7 Å². The smallest absolute Gasteiger partial charge is 0.164 e. The van der Waals surface area contributed by atoms with E-state index in [0.29, 0.717) is 17.0 Å². The van der Waals surface area contributed by atoms with Crippen LogP contribution in [-0.2, 0) is 24.9 Å². The molecule has 4 aromatic carbocycles. The summed E-state index contributed by atoms with van der Waals surface area (Å²) in [6, 6.07) is 11.4. The molecule has 0 bridgehead atoms. The van der Waals surface area contributed by atoms with Crippen LogP contribution in [0.2, 0.25) is 0 Å². The number of benzene rings is 4. The maximum atomic E-state index is 11.5. The van der Waals surface area contributed by atoms with Crippen LogP contribution in [0.25, 0.3) is 44.3 Å². The van der Waals surface area contributed by atoms with Gasteiger partial charge in [-0.3, -0.25) is 14.8 Å². The monoisotopic (exact) mass is 770 g/mol. The molecule has 0 aliphatic carbocycles. The number of aromatic nitrogens is 2. The third-order valence-corrected chi connectivity index (χ3v) is 6.74. The van der Waals surface area contributed by atoms with Gasteiger partial charge in [0.15, 0.2) is 5.78 Å². The van der Waals surface area contributed by atoms with E-state index in [0.717, 1.165) is 27.8 Å². The summed E-state index contributed by atoms with van der Waals surface area (Å²) >= 11 is 0. The van der Waals surface area contributed by atoms with Gasteiger partial charge in [0.1, 0.15) is 5.76 Å². The number of allylic oxidation sites excluding steroid dienone is 2. The minimum absolute atomic E-state index is 0. The van der Waals surface area contributed by atoms with Crippen LogP contribution in [0.3, 0.4) is 0 Å².